The first kappa shape index (κ1) is 10.4. The van der Waals surface area contributed by atoms with Gasteiger partial charge in [-0.2, -0.15) is 0 Å². The van der Waals surface area contributed by atoms with Gasteiger partial charge in [-0.3, -0.25) is 0 Å². The largest absolute Gasteiger partial charge is 0.487 e. The maximum Gasteiger partial charge on any atom is 0.168 e. The molecule has 0 N–H and O–H groups in total. The molecule has 82 valence electrons. The highest BCUT2D eigenvalue weighted by molar-refractivity contribution is 5.38. The van der Waals surface area contributed by atoms with Gasteiger partial charge in [0.2, 0.25) is 0 Å². The van der Waals surface area contributed by atoms with Crippen LogP contribution in [0, 0.1) is 11.6 Å². The molecule has 0 saturated heterocycles. The van der Waals surface area contributed by atoms with Crippen LogP contribution in [0.2, 0.25) is 0 Å². The predicted molar refractivity (Wildman–Crippen MR) is 54.1 cm³/mol. The van der Waals surface area contributed by atoms with Crippen molar-refractivity contribution in [2.24, 2.45) is 0 Å². The van der Waals surface area contributed by atoms with Crippen molar-refractivity contribution in [1.82, 2.24) is 0 Å². The molecule has 0 atom stereocenters. The second kappa shape index (κ2) is 3.80. The van der Waals surface area contributed by atoms with Crippen LogP contribution in [0.5, 0.6) is 5.75 Å². The summed E-state index contributed by atoms with van der Waals surface area (Å²) in [5.41, 5.74) is 0.611. The SMILES string of the molecule is CC(C)c1cc(F)cc(F)c1OC1CC1. The average molecular weight is 212 g/mol. The van der Waals surface area contributed by atoms with E-state index in [1.54, 1.807) is 0 Å². The van der Waals surface area contributed by atoms with Gasteiger partial charge in [-0.05, 0) is 24.8 Å². The predicted octanol–water partition coefficient (Wildman–Crippen LogP) is 3.63. The summed E-state index contributed by atoms with van der Waals surface area (Å²) >= 11 is 0. The molecule has 3 heteroatoms. The second-order valence-electron chi connectivity index (χ2n) is 4.28. The molecule has 1 aliphatic rings. The Kier molecular flexibility index (Phi) is 2.63. The molecule has 0 heterocycles. The third-order valence-electron chi connectivity index (χ3n) is 2.47. The van der Waals surface area contributed by atoms with E-state index in [1.807, 2.05) is 13.8 Å². The molecule has 0 radical (unpaired) electrons. The van der Waals surface area contributed by atoms with Crippen LogP contribution in [0.4, 0.5) is 8.78 Å². The van der Waals surface area contributed by atoms with Crippen molar-refractivity contribution in [1.29, 1.82) is 0 Å². The van der Waals surface area contributed by atoms with E-state index < -0.39 is 11.6 Å². The lowest BCUT2D eigenvalue weighted by Gasteiger charge is -2.14. The highest BCUT2D eigenvalue weighted by Gasteiger charge is 2.27. The first-order chi connectivity index (χ1) is 7.08. The molecule has 15 heavy (non-hydrogen) atoms. The Bertz CT molecular complexity index is 370. The number of hydrogen-bond acceptors (Lipinski definition) is 1. The molecular weight excluding hydrogens is 198 g/mol. The van der Waals surface area contributed by atoms with E-state index in [1.165, 1.54) is 6.07 Å². The smallest absolute Gasteiger partial charge is 0.168 e. The standard InChI is InChI=1S/C12H14F2O/c1-7(2)10-5-8(13)6-11(14)12(10)15-9-3-4-9/h5-7,9H,3-4H2,1-2H3. The Morgan fingerprint density at radius 2 is 1.93 bits per heavy atom. The lowest BCUT2D eigenvalue weighted by atomic mass is 10.0. The van der Waals surface area contributed by atoms with Gasteiger partial charge < -0.3 is 4.74 Å². The normalized spacial score (nSPS) is 15.8. The maximum absolute atomic E-state index is 13.5. The summed E-state index contributed by atoms with van der Waals surface area (Å²) in [4.78, 5) is 0. The monoisotopic (exact) mass is 212 g/mol. The number of benzene rings is 1. The summed E-state index contributed by atoms with van der Waals surface area (Å²) in [6.07, 6.45) is 2.06. The third kappa shape index (κ3) is 2.28. The molecule has 1 aromatic carbocycles. The third-order valence-corrected chi connectivity index (χ3v) is 2.47. The molecule has 0 unspecified atom stereocenters. The molecule has 1 fully saturated rings. The van der Waals surface area contributed by atoms with Gasteiger partial charge in [-0.25, -0.2) is 8.78 Å². The van der Waals surface area contributed by atoms with Crippen LogP contribution in [-0.4, -0.2) is 6.10 Å². The van der Waals surface area contributed by atoms with Gasteiger partial charge in [-0.1, -0.05) is 13.8 Å². The van der Waals surface area contributed by atoms with Gasteiger partial charge in [-0.15, -0.1) is 0 Å². The lowest BCUT2D eigenvalue weighted by Crippen LogP contribution is -2.04. The van der Waals surface area contributed by atoms with Crippen molar-refractivity contribution in [3.8, 4) is 5.75 Å². The van der Waals surface area contributed by atoms with E-state index in [0.717, 1.165) is 18.9 Å². The van der Waals surface area contributed by atoms with Crippen molar-refractivity contribution in [2.45, 2.75) is 38.7 Å². The highest BCUT2D eigenvalue weighted by atomic mass is 19.1. The minimum Gasteiger partial charge on any atom is -0.487 e. The Morgan fingerprint density at radius 1 is 1.27 bits per heavy atom. The fourth-order valence-electron chi connectivity index (χ4n) is 1.49. The van der Waals surface area contributed by atoms with E-state index in [4.69, 9.17) is 4.74 Å². The van der Waals surface area contributed by atoms with Crippen LogP contribution in [-0.2, 0) is 0 Å². The van der Waals surface area contributed by atoms with Crippen LogP contribution in [0.25, 0.3) is 0 Å². The van der Waals surface area contributed by atoms with E-state index >= 15 is 0 Å². The molecule has 0 aromatic heterocycles. The summed E-state index contributed by atoms with van der Waals surface area (Å²) < 4.78 is 32.0. The molecular formula is C12H14F2O. The number of hydrogen-bond donors (Lipinski definition) is 0. The molecule has 0 spiro atoms. The summed E-state index contributed by atoms with van der Waals surface area (Å²) in [7, 11) is 0. The van der Waals surface area contributed by atoms with E-state index in [2.05, 4.69) is 0 Å². The lowest BCUT2D eigenvalue weighted by molar-refractivity contribution is 0.282. The minimum atomic E-state index is -0.592. The molecule has 1 nitrogen and oxygen atoms in total. The summed E-state index contributed by atoms with van der Waals surface area (Å²) in [5.74, 6) is -0.845. The number of rotatable bonds is 3. The van der Waals surface area contributed by atoms with Gasteiger partial charge in [0.1, 0.15) is 5.82 Å². The topological polar surface area (TPSA) is 9.23 Å². The molecule has 0 bridgehead atoms. The van der Waals surface area contributed by atoms with Crippen molar-refractivity contribution in [3.05, 3.63) is 29.3 Å². The summed E-state index contributed by atoms with van der Waals surface area (Å²) in [6.45, 7) is 3.79. The molecule has 0 amide bonds. The average Bonchev–Trinajstić information content (AvgIpc) is 2.92. The highest BCUT2D eigenvalue weighted by Crippen LogP contribution is 2.35. The summed E-state index contributed by atoms with van der Waals surface area (Å²) in [6, 6.07) is 2.23. The molecule has 2 rings (SSSR count). The quantitative estimate of drug-likeness (QED) is 0.743. The molecule has 1 aliphatic carbocycles. The Labute approximate surface area is 88.1 Å². The fraction of sp³-hybridized carbons (Fsp3) is 0.500. The fourth-order valence-corrected chi connectivity index (χ4v) is 1.49. The van der Waals surface area contributed by atoms with Gasteiger partial charge >= 0.3 is 0 Å². The van der Waals surface area contributed by atoms with Gasteiger partial charge in [0.05, 0.1) is 6.10 Å². The van der Waals surface area contributed by atoms with Gasteiger partial charge in [0, 0.05) is 11.6 Å². The number of ether oxygens (including phenoxy) is 1. The van der Waals surface area contributed by atoms with Crippen molar-refractivity contribution >= 4 is 0 Å². The van der Waals surface area contributed by atoms with Gasteiger partial charge in [0.25, 0.3) is 0 Å². The van der Waals surface area contributed by atoms with Crippen LogP contribution < -0.4 is 4.74 Å². The first-order valence-electron chi connectivity index (χ1n) is 5.23. The van der Waals surface area contributed by atoms with Gasteiger partial charge in [0.15, 0.2) is 11.6 Å². The van der Waals surface area contributed by atoms with Crippen molar-refractivity contribution < 1.29 is 13.5 Å². The zero-order valence-corrected chi connectivity index (χ0v) is 8.89. The van der Waals surface area contributed by atoms with E-state index in [9.17, 15) is 8.78 Å². The van der Waals surface area contributed by atoms with Crippen LogP contribution in [0.1, 0.15) is 38.2 Å². The van der Waals surface area contributed by atoms with Crippen molar-refractivity contribution in [3.63, 3.8) is 0 Å². The zero-order chi connectivity index (χ0) is 11.0. The van der Waals surface area contributed by atoms with Crippen LogP contribution in [0.3, 0.4) is 0 Å². The summed E-state index contributed by atoms with van der Waals surface area (Å²) in [5, 5.41) is 0. The molecule has 0 aliphatic heterocycles. The minimum absolute atomic E-state index is 0.0592. The second-order valence-corrected chi connectivity index (χ2v) is 4.28. The first-order valence-corrected chi connectivity index (χ1v) is 5.23. The molecule has 1 saturated carbocycles. The number of halogens is 2. The van der Waals surface area contributed by atoms with Crippen LogP contribution >= 0.6 is 0 Å². The van der Waals surface area contributed by atoms with E-state index in [-0.39, 0.29) is 17.8 Å². The zero-order valence-electron chi connectivity index (χ0n) is 8.89. The Morgan fingerprint density at radius 3 is 2.47 bits per heavy atom. The van der Waals surface area contributed by atoms with Crippen LogP contribution in [0.15, 0.2) is 12.1 Å². The molecule has 1 aromatic rings. The van der Waals surface area contributed by atoms with Crippen molar-refractivity contribution in [2.75, 3.05) is 0 Å². The van der Waals surface area contributed by atoms with E-state index in [0.29, 0.717) is 5.56 Å². The Hall–Kier alpha value is -1.12. The maximum atomic E-state index is 13.5. The Balaban J connectivity index is 2.38.